The number of benzene rings is 2. The number of hydrogen-bond acceptors (Lipinski definition) is 3. The maximum absolute atomic E-state index is 13.7. The second-order valence-corrected chi connectivity index (χ2v) is 7.43. The van der Waals surface area contributed by atoms with Crippen molar-refractivity contribution in [3.8, 4) is 0 Å². The van der Waals surface area contributed by atoms with E-state index in [4.69, 9.17) is 17.3 Å². The van der Waals surface area contributed by atoms with E-state index >= 15 is 0 Å². The van der Waals surface area contributed by atoms with Gasteiger partial charge in [-0.25, -0.2) is 0 Å². The van der Waals surface area contributed by atoms with Crippen LogP contribution in [0.5, 0.6) is 0 Å². The summed E-state index contributed by atoms with van der Waals surface area (Å²) >= 11 is 5.60. The number of hydrogen-bond donors (Lipinski definition) is 3. The van der Waals surface area contributed by atoms with Crippen molar-refractivity contribution in [1.29, 1.82) is 0 Å². The standard InChI is InChI=1S/C19H17ClF6N2O/c20-13-7-11(6-12(8-13)18(21,22)23)17(29,19(24,25)26)9-28-14-2-3-15-10(5-14)1-4-16(15)27/h2-3,5-8,16,28-29H,1,4,9,27H2/t16-,17-/m0/s1. The Labute approximate surface area is 167 Å². The van der Waals surface area contributed by atoms with Crippen molar-refractivity contribution < 1.29 is 31.4 Å². The van der Waals surface area contributed by atoms with E-state index in [-0.39, 0.29) is 12.1 Å². The summed E-state index contributed by atoms with van der Waals surface area (Å²) in [5.41, 5.74) is 2.01. The van der Waals surface area contributed by atoms with Gasteiger partial charge in [-0.05, 0) is 59.9 Å². The molecule has 10 heteroatoms. The second-order valence-electron chi connectivity index (χ2n) is 7.00. The fourth-order valence-corrected chi connectivity index (χ4v) is 3.58. The first-order chi connectivity index (χ1) is 13.3. The van der Waals surface area contributed by atoms with Gasteiger partial charge in [-0.15, -0.1) is 0 Å². The average molecular weight is 439 g/mol. The molecule has 2 aromatic carbocycles. The third-order valence-corrected chi connectivity index (χ3v) is 5.21. The van der Waals surface area contributed by atoms with Crippen LogP contribution in [0.15, 0.2) is 36.4 Å². The van der Waals surface area contributed by atoms with Gasteiger partial charge in [0, 0.05) is 16.8 Å². The van der Waals surface area contributed by atoms with Crippen LogP contribution in [0.2, 0.25) is 5.02 Å². The van der Waals surface area contributed by atoms with Crippen molar-refractivity contribution in [1.82, 2.24) is 0 Å². The van der Waals surface area contributed by atoms with Crippen LogP contribution < -0.4 is 11.1 Å². The molecule has 0 fully saturated rings. The molecule has 1 aliphatic carbocycles. The van der Waals surface area contributed by atoms with Crippen molar-refractivity contribution >= 4 is 17.3 Å². The van der Waals surface area contributed by atoms with Crippen LogP contribution in [-0.2, 0) is 18.2 Å². The number of aryl methyl sites for hydroxylation is 1. The molecule has 0 aromatic heterocycles. The first kappa shape index (κ1) is 21.7. The van der Waals surface area contributed by atoms with Gasteiger partial charge in [0.25, 0.3) is 0 Å². The maximum atomic E-state index is 13.7. The SMILES string of the molecule is N[C@H]1CCc2cc(NC[C@](O)(c3cc(Cl)cc(C(F)(F)F)c3)C(F)(F)F)ccc21. The number of halogens is 7. The number of nitrogens with two attached hydrogens (primary N) is 1. The number of rotatable bonds is 4. The molecule has 0 radical (unpaired) electrons. The van der Waals surface area contributed by atoms with Crippen LogP contribution in [0, 0.1) is 0 Å². The fourth-order valence-electron chi connectivity index (χ4n) is 3.35. The molecule has 0 heterocycles. The summed E-state index contributed by atoms with van der Waals surface area (Å²) in [7, 11) is 0. The number of alkyl halides is 6. The molecule has 3 rings (SSSR count). The minimum atomic E-state index is -5.26. The fraction of sp³-hybridized carbons (Fsp3) is 0.368. The molecule has 2 aromatic rings. The highest BCUT2D eigenvalue weighted by Crippen LogP contribution is 2.42. The summed E-state index contributed by atoms with van der Waals surface area (Å²) in [6, 6.07) is 6.11. The molecular weight excluding hydrogens is 422 g/mol. The lowest BCUT2D eigenvalue weighted by Gasteiger charge is -2.32. The Morgan fingerprint density at radius 2 is 1.69 bits per heavy atom. The molecule has 2 atom stereocenters. The number of nitrogens with one attached hydrogen (secondary N) is 1. The van der Waals surface area contributed by atoms with Gasteiger partial charge in [-0.1, -0.05) is 17.7 Å². The van der Waals surface area contributed by atoms with Crippen LogP contribution in [0.4, 0.5) is 32.0 Å². The van der Waals surface area contributed by atoms with E-state index in [1.54, 1.807) is 12.1 Å². The Morgan fingerprint density at radius 3 is 2.31 bits per heavy atom. The van der Waals surface area contributed by atoms with E-state index in [1.165, 1.54) is 6.07 Å². The van der Waals surface area contributed by atoms with Gasteiger partial charge in [-0.3, -0.25) is 0 Å². The summed E-state index contributed by atoms with van der Waals surface area (Å²) in [6.45, 7) is -1.10. The zero-order valence-electron chi connectivity index (χ0n) is 14.8. The molecule has 0 aliphatic heterocycles. The Morgan fingerprint density at radius 1 is 1.03 bits per heavy atom. The zero-order chi connectivity index (χ0) is 21.6. The van der Waals surface area contributed by atoms with Gasteiger partial charge < -0.3 is 16.2 Å². The summed E-state index contributed by atoms with van der Waals surface area (Å²) < 4.78 is 80.1. The van der Waals surface area contributed by atoms with E-state index in [1.807, 2.05) is 0 Å². The minimum absolute atomic E-state index is 0.140. The number of anilines is 1. The van der Waals surface area contributed by atoms with E-state index in [2.05, 4.69) is 5.32 Å². The van der Waals surface area contributed by atoms with Gasteiger partial charge in [-0.2, -0.15) is 26.3 Å². The lowest BCUT2D eigenvalue weighted by molar-refractivity contribution is -0.260. The predicted octanol–water partition coefficient (Wildman–Crippen LogP) is 5.17. The normalized spacial score (nSPS) is 19.0. The molecule has 3 nitrogen and oxygen atoms in total. The average Bonchev–Trinajstić information content (AvgIpc) is 2.98. The van der Waals surface area contributed by atoms with Crippen molar-refractivity contribution in [2.45, 2.75) is 36.8 Å². The van der Waals surface area contributed by atoms with Crippen molar-refractivity contribution in [3.63, 3.8) is 0 Å². The second kappa shape index (κ2) is 7.37. The summed E-state index contributed by atoms with van der Waals surface area (Å²) in [6.07, 6.45) is -8.79. The Balaban J connectivity index is 1.94. The monoisotopic (exact) mass is 438 g/mol. The highest BCUT2D eigenvalue weighted by Gasteiger charge is 2.55. The summed E-state index contributed by atoms with van der Waals surface area (Å²) in [5.74, 6) is 0. The predicted molar refractivity (Wildman–Crippen MR) is 96.6 cm³/mol. The van der Waals surface area contributed by atoms with Gasteiger partial charge in [0.15, 0.2) is 0 Å². The molecule has 0 spiro atoms. The van der Waals surface area contributed by atoms with Crippen LogP contribution in [-0.4, -0.2) is 17.8 Å². The molecule has 0 amide bonds. The third kappa shape index (κ3) is 4.31. The van der Waals surface area contributed by atoms with E-state index in [0.717, 1.165) is 11.1 Å². The largest absolute Gasteiger partial charge is 0.423 e. The molecule has 0 saturated carbocycles. The third-order valence-electron chi connectivity index (χ3n) is 4.99. The minimum Gasteiger partial charge on any atom is -0.381 e. The van der Waals surface area contributed by atoms with E-state index < -0.39 is 40.6 Å². The van der Waals surface area contributed by atoms with Crippen LogP contribution in [0.25, 0.3) is 0 Å². The van der Waals surface area contributed by atoms with Gasteiger partial charge in [0.05, 0.1) is 12.1 Å². The Bertz CT molecular complexity index is 915. The van der Waals surface area contributed by atoms with Crippen LogP contribution in [0.3, 0.4) is 0 Å². The molecule has 4 N–H and O–H groups in total. The number of aliphatic hydroxyl groups is 1. The summed E-state index contributed by atoms with van der Waals surface area (Å²) in [5, 5.41) is 12.3. The van der Waals surface area contributed by atoms with Crippen molar-refractivity contribution in [2.24, 2.45) is 5.73 Å². The molecule has 29 heavy (non-hydrogen) atoms. The first-order valence-electron chi connectivity index (χ1n) is 8.61. The highest BCUT2D eigenvalue weighted by molar-refractivity contribution is 6.30. The van der Waals surface area contributed by atoms with Gasteiger partial charge >= 0.3 is 12.4 Å². The lowest BCUT2D eigenvalue weighted by Crippen LogP contribution is -2.48. The lowest BCUT2D eigenvalue weighted by atomic mass is 9.91. The quantitative estimate of drug-likeness (QED) is 0.577. The molecule has 0 bridgehead atoms. The first-order valence-corrected chi connectivity index (χ1v) is 8.99. The number of fused-ring (bicyclic) bond motifs is 1. The maximum Gasteiger partial charge on any atom is 0.423 e. The van der Waals surface area contributed by atoms with E-state index in [9.17, 15) is 31.4 Å². The Hall–Kier alpha value is -1.97. The van der Waals surface area contributed by atoms with Crippen molar-refractivity contribution in [3.05, 3.63) is 63.7 Å². The van der Waals surface area contributed by atoms with Gasteiger partial charge in [0.1, 0.15) is 0 Å². The topological polar surface area (TPSA) is 58.3 Å². The smallest absolute Gasteiger partial charge is 0.381 e. The van der Waals surface area contributed by atoms with Crippen molar-refractivity contribution in [2.75, 3.05) is 11.9 Å². The van der Waals surface area contributed by atoms with Crippen LogP contribution >= 0.6 is 11.6 Å². The molecule has 1 aliphatic rings. The van der Waals surface area contributed by atoms with E-state index in [0.29, 0.717) is 30.7 Å². The zero-order valence-corrected chi connectivity index (χ0v) is 15.6. The summed E-state index contributed by atoms with van der Waals surface area (Å²) in [4.78, 5) is 0. The molecular formula is C19H17ClF6N2O. The molecule has 0 unspecified atom stereocenters. The molecule has 158 valence electrons. The van der Waals surface area contributed by atoms with Gasteiger partial charge in [0.2, 0.25) is 5.60 Å². The van der Waals surface area contributed by atoms with Crippen LogP contribution in [0.1, 0.15) is 34.7 Å². The molecule has 0 saturated heterocycles. The highest BCUT2D eigenvalue weighted by atomic mass is 35.5. The Kier molecular flexibility index (Phi) is 5.53.